The van der Waals surface area contributed by atoms with Crippen LogP contribution >= 0.6 is 11.8 Å². The minimum Gasteiger partial charge on any atom is -0.313 e. The van der Waals surface area contributed by atoms with Crippen LogP contribution in [0, 0.1) is 6.92 Å². The van der Waals surface area contributed by atoms with E-state index in [-0.39, 0.29) is 5.56 Å². The van der Waals surface area contributed by atoms with Crippen molar-refractivity contribution < 1.29 is 0 Å². The summed E-state index contributed by atoms with van der Waals surface area (Å²) in [5.41, 5.74) is 2.55. The summed E-state index contributed by atoms with van der Waals surface area (Å²) in [4.78, 5) is 31.0. The number of H-pyrrole nitrogens is 1. The highest BCUT2D eigenvalue weighted by Gasteiger charge is 2.17. The van der Waals surface area contributed by atoms with Crippen LogP contribution < -0.4 is 11.2 Å². The fourth-order valence-corrected chi connectivity index (χ4v) is 3.77. The van der Waals surface area contributed by atoms with Gasteiger partial charge < -0.3 is 4.57 Å². The summed E-state index contributed by atoms with van der Waals surface area (Å²) in [5, 5.41) is 0.766. The Morgan fingerprint density at radius 3 is 2.71 bits per heavy atom. The molecule has 0 bridgehead atoms. The molecule has 0 saturated carbocycles. The molecule has 0 aliphatic rings. The van der Waals surface area contributed by atoms with Crippen molar-refractivity contribution in [3.8, 4) is 0 Å². The minimum atomic E-state index is -0.441. The maximum atomic E-state index is 12.3. The Bertz CT molecular complexity index is 1000. The summed E-state index contributed by atoms with van der Waals surface area (Å²) in [7, 11) is 1.62. The molecule has 0 aliphatic heterocycles. The molecule has 0 saturated heterocycles. The Kier molecular flexibility index (Phi) is 4.62. The second-order valence-corrected chi connectivity index (χ2v) is 6.69. The van der Waals surface area contributed by atoms with Crippen LogP contribution in [0.2, 0.25) is 0 Å². The lowest BCUT2D eigenvalue weighted by atomic mass is 10.1. The lowest BCUT2D eigenvalue weighted by Crippen LogP contribution is -2.29. The third kappa shape index (κ3) is 2.91. The second kappa shape index (κ2) is 6.68. The highest BCUT2D eigenvalue weighted by Crippen LogP contribution is 2.26. The molecule has 0 atom stereocenters. The zero-order chi connectivity index (χ0) is 17.3. The first-order valence-electron chi connectivity index (χ1n) is 7.89. The van der Waals surface area contributed by atoms with Gasteiger partial charge in [-0.2, -0.15) is 0 Å². The number of nitrogens with one attached hydrogen (secondary N) is 1. The molecule has 1 aromatic carbocycles. The van der Waals surface area contributed by atoms with Gasteiger partial charge in [0.15, 0.2) is 16.3 Å². The van der Waals surface area contributed by atoms with E-state index in [0.29, 0.717) is 17.7 Å². The molecule has 126 valence electrons. The van der Waals surface area contributed by atoms with Gasteiger partial charge in [-0.3, -0.25) is 14.3 Å². The topological polar surface area (TPSA) is 72.7 Å². The molecule has 3 aromatic rings. The van der Waals surface area contributed by atoms with Gasteiger partial charge in [-0.1, -0.05) is 43.0 Å². The number of hydrogen-bond donors (Lipinski definition) is 1. The molecule has 2 aromatic heterocycles. The number of aromatic amines is 1. The summed E-state index contributed by atoms with van der Waals surface area (Å²) < 4.78 is 3.30. The Labute approximate surface area is 143 Å². The standard InChI is InChI=1S/C17H20N4O2S/c1-4-9-21-13-14(20(3)16(23)19-15(13)22)18-17(21)24-10-12-8-6-5-7-11(12)2/h5-8H,4,9-10H2,1-3H3,(H,19,22,23). The first-order chi connectivity index (χ1) is 11.5. The number of hydrogen-bond acceptors (Lipinski definition) is 4. The highest BCUT2D eigenvalue weighted by atomic mass is 32.2. The third-order valence-corrected chi connectivity index (χ3v) is 5.06. The van der Waals surface area contributed by atoms with E-state index in [1.165, 1.54) is 15.7 Å². The van der Waals surface area contributed by atoms with E-state index in [4.69, 9.17) is 0 Å². The molecule has 24 heavy (non-hydrogen) atoms. The van der Waals surface area contributed by atoms with Crippen molar-refractivity contribution in [2.45, 2.75) is 37.7 Å². The Morgan fingerprint density at radius 1 is 1.25 bits per heavy atom. The maximum absolute atomic E-state index is 12.3. The molecule has 0 fully saturated rings. The number of nitrogens with zero attached hydrogens (tertiary/aromatic N) is 3. The molecule has 0 aliphatic carbocycles. The van der Waals surface area contributed by atoms with E-state index < -0.39 is 5.69 Å². The van der Waals surface area contributed by atoms with Crippen LogP contribution in [0.25, 0.3) is 11.2 Å². The Hall–Kier alpha value is -2.28. The van der Waals surface area contributed by atoms with Crippen molar-refractivity contribution in [3.63, 3.8) is 0 Å². The van der Waals surface area contributed by atoms with Crippen LogP contribution in [0.15, 0.2) is 39.0 Å². The van der Waals surface area contributed by atoms with E-state index in [1.54, 1.807) is 18.8 Å². The normalized spacial score (nSPS) is 11.3. The average Bonchev–Trinajstić information content (AvgIpc) is 2.92. The number of fused-ring (bicyclic) bond motifs is 1. The van der Waals surface area contributed by atoms with Crippen molar-refractivity contribution in [1.82, 2.24) is 19.1 Å². The molecule has 0 amide bonds. The monoisotopic (exact) mass is 344 g/mol. The van der Waals surface area contributed by atoms with Crippen LogP contribution in [0.5, 0.6) is 0 Å². The molecule has 0 unspecified atom stereocenters. The Morgan fingerprint density at radius 2 is 2.00 bits per heavy atom. The zero-order valence-corrected chi connectivity index (χ0v) is 14.8. The predicted molar refractivity (Wildman–Crippen MR) is 96.6 cm³/mol. The second-order valence-electron chi connectivity index (χ2n) is 5.75. The fraction of sp³-hybridized carbons (Fsp3) is 0.353. The number of thioether (sulfide) groups is 1. The van der Waals surface area contributed by atoms with Crippen LogP contribution in [-0.2, 0) is 19.3 Å². The van der Waals surface area contributed by atoms with Crippen LogP contribution in [-0.4, -0.2) is 19.1 Å². The van der Waals surface area contributed by atoms with E-state index in [2.05, 4.69) is 35.9 Å². The van der Waals surface area contributed by atoms with Gasteiger partial charge in [0.25, 0.3) is 5.56 Å². The Balaban J connectivity index is 2.07. The van der Waals surface area contributed by atoms with Crippen LogP contribution in [0.1, 0.15) is 24.5 Å². The summed E-state index contributed by atoms with van der Waals surface area (Å²) in [5.74, 6) is 0.769. The average molecular weight is 344 g/mol. The zero-order valence-electron chi connectivity index (χ0n) is 14.0. The minimum absolute atomic E-state index is 0.378. The summed E-state index contributed by atoms with van der Waals surface area (Å²) >= 11 is 1.59. The van der Waals surface area contributed by atoms with Crippen molar-refractivity contribution in [1.29, 1.82) is 0 Å². The van der Waals surface area contributed by atoms with Gasteiger partial charge >= 0.3 is 5.69 Å². The van der Waals surface area contributed by atoms with E-state index in [0.717, 1.165) is 17.3 Å². The maximum Gasteiger partial charge on any atom is 0.329 e. The molecule has 1 N–H and O–H groups in total. The van der Waals surface area contributed by atoms with Crippen molar-refractivity contribution >= 4 is 22.9 Å². The van der Waals surface area contributed by atoms with Gasteiger partial charge in [-0.05, 0) is 24.5 Å². The van der Waals surface area contributed by atoms with E-state index in [1.807, 2.05) is 16.7 Å². The number of rotatable bonds is 5. The molecule has 2 heterocycles. The van der Waals surface area contributed by atoms with Gasteiger partial charge in [0, 0.05) is 19.3 Å². The van der Waals surface area contributed by atoms with E-state index >= 15 is 0 Å². The van der Waals surface area contributed by atoms with Gasteiger partial charge in [-0.25, -0.2) is 9.78 Å². The number of imidazole rings is 1. The molecular formula is C17H20N4O2S. The van der Waals surface area contributed by atoms with E-state index in [9.17, 15) is 9.59 Å². The first kappa shape index (κ1) is 16.6. The molecule has 7 heteroatoms. The fourth-order valence-electron chi connectivity index (χ4n) is 2.67. The lowest BCUT2D eigenvalue weighted by Gasteiger charge is -2.08. The number of aryl methyl sites for hydroxylation is 3. The molecule has 6 nitrogen and oxygen atoms in total. The first-order valence-corrected chi connectivity index (χ1v) is 8.88. The summed E-state index contributed by atoms with van der Waals surface area (Å²) in [6.07, 6.45) is 0.881. The largest absolute Gasteiger partial charge is 0.329 e. The number of aromatic nitrogens is 4. The highest BCUT2D eigenvalue weighted by molar-refractivity contribution is 7.98. The van der Waals surface area contributed by atoms with Crippen molar-refractivity contribution in [2.24, 2.45) is 7.05 Å². The number of benzene rings is 1. The third-order valence-electron chi connectivity index (χ3n) is 4.04. The summed E-state index contributed by atoms with van der Waals surface area (Å²) in [6, 6.07) is 8.22. The van der Waals surface area contributed by atoms with Crippen molar-refractivity contribution in [2.75, 3.05) is 0 Å². The molecule has 0 spiro atoms. The van der Waals surface area contributed by atoms with Gasteiger partial charge in [0.05, 0.1) is 0 Å². The SMILES string of the molecule is CCCn1c(SCc2ccccc2C)nc2c1c(=O)[nH]c(=O)n2C. The van der Waals surface area contributed by atoms with Crippen molar-refractivity contribution in [3.05, 3.63) is 56.2 Å². The lowest BCUT2D eigenvalue weighted by molar-refractivity contribution is 0.636. The van der Waals surface area contributed by atoms with Gasteiger partial charge in [-0.15, -0.1) is 0 Å². The predicted octanol–water partition coefficient (Wildman–Crippen LogP) is 2.43. The van der Waals surface area contributed by atoms with Gasteiger partial charge in [0.1, 0.15) is 0 Å². The molecule has 3 rings (SSSR count). The summed E-state index contributed by atoms with van der Waals surface area (Å²) in [6.45, 7) is 4.82. The van der Waals surface area contributed by atoms with Crippen LogP contribution in [0.3, 0.4) is 0 Å². The van der Waals surface area contributed by atoms with Crippen LogP contribution in [0.4, 0.5) is 0 Å². The van der Waals surface area contributed by atoms with Gasteiger partial charge in [0.2, 0.25) is 0 Å². The molecular weight excluding hydrogens is 324 g/mol. The smallest absolute Gasteiger partial charge is 0.313 e. The molecule has 0 radical (unpaired) electrons. The quantitative estimate of drug-likeness (QED) is 0.722.